The van der Waals surface area contributed by atoms with E-state index in [2.05, 4.69) is 27.4 Å². The number of piperidine rings is 1. The van der Waals surface area contributed by atoms with Gasteiger partial charge >= 0.3 is 0 Å². The predicted molar refractivity (Wildman–Crippen MR) is 82.2 cm³/mol. The summed E-state index contributed by atoms with van der Waals surface area (Å²) in [5.74, 6) is 0.215. The third-order valence-corrected chi connectivity index (χ3v) is 6.25. The first-order valence-corrected chi connectivity index (χ1v) is 8.95. The zero-order chi connectivity index (χ0) is 12.5. The molecule has 5 heteroatoms. The van der Waals surface area contributed by atoms with Crippen molar-refractivity contribution in [3.8, 4) is 0 Å². The molecule has 1 unspecified atom stereocenters. The Hall–Kier alpha value is -0.390. The van der Waals surface area contributed by atoms with Gasteiger partial charge in [-0.05, 0) is 36.8 Å². The van der Waals surface area contributed by atoms with Crippen LogP contribution in [0.3, 0.4) is 0 Å². The van der Waals surface area contributed by atoms with E-state index in [1.807, 2.05) is 11.0 Å². The minimum absolute atomic E-state index is 0.215. The highest BCUT2D eigenvalue weighted by Gasteiger charge is 2.27. The fraction of sp³-hybridized carbons (Fsp3) is 0.462. The van der Waals surface area contributed by atoms with E-state index in [-0.39, 0.29) is 5.91 Å². The van der Waals surface area contributed by atoms with Crippen LogP contribution in [-0.4, -0.2) is 28.7 Å². The van der Waals surface area contributed by atoms with Crippen molar-refractivity contribution in [2.75, 3.05) is 11.9 Å². The summed E-state index contributed by atoms with van der Waals surface area (Å²) in [6.45, 7) is 0.903. The van der Waals surface area contributed by atoms with Crippen LogP contribution in [0.4, 0.5) is 0 Å². The maximum Gasteiger partial charge on any atom is 0.264 e. The minimum Gasteiger partial charge on any atom is -0.334 e. The molecule has 96 valence electrons. The van der Waals surface area contributed by atoms with Crippen LogP contribution in [-0.2, 0) is 0 Å². The van der Waals surface area contributed by atoms with E-state index in [0.29, 0.717) is 6.04 Å². The van der Waals surface area contributed by atoms with Gasteiger partial charge in [-0.2, -0.15) is 0 Å². The minimum atomic E-state index is 0.215. The van der Waals surface area contributed by atoms with Gasteiger partial charge < -0.3 is 4.90 Å². The molecule has 18 heavy (non-hydrogen) atoms. The number of rotatable bonds is 2. The number of halogens is 1. The summed E-state index contributed by atoms with van der Waals surface area (Å²) in [7, 11) is 0. The van der Waals surface area contributed by atoms with E-state index in [9.17, 15) is 4.79 Å². The topological polar surface area (TPSA) is 20.3 Å². The molecule has 2 nitrogen and oxygen atoms in total. The molecule has 0 aliphatic carbocycles. The van der Waals surface area contributed by atoms with Crippen LogP contribution in [0.5, 0.6) is 0 Å². The van der Waals surface area contributed by atoms with Gasteiger partial charge in [0.25, 0.3) is 5.91 Å². The van der Waals surface area contributed by atoms with Crippen LogP contribution < -0.4 is 0 Å². The number of fused-ring (bicyclic) bond motifs is 1. The van der Waals surface area contributed by atoms with Crippen LogP contribution in [0.2, 0.25) is 0 Å². The fourth-order valence-corrected chi connectivity index (χ4v) is 5.18. The number of hydrogen-bond donors (Lipinski definition) is 0. The van der Waals surface area contributed by atoms with Gasteiger partial charge in [-0.1, -0.05) is 15.9 Å². The number of thiophene rings is 2. The molecule has 0 bridgehead atoms. The molecule has 3 heterocycles. The Balaban J connectivity index is 1.86. The Morgan fingerprint density at radius 1 is 1.44 bits per heavy atom. The maximum absolute atomic E-state index is 12.6. The molecular formula is C13H14BrNOS2. The first-order chi connectivity index (χ1) is 8.79. The van der Waals surface area contributed by atoms with Gasteiger partial charge in [-0.25, -0.2) is 0 Å². The zero-order valence-electron chi connectivity index (χ0n) is 9.89. The molecule has 0 aromatic carbocycles. The number of nitrogens with zero attached hydrogens (tertiary/aromatic N) is 1. The van der Waals surface area contributed by atoms with Crippen LogP contribution in [0.1, 0.15) is 28.9 Å². The van der Waals surface area contributed by atoms with Crippen molar-refractivity contribution in [1.29, 1.82) is 0 Å². The van der Waals surface area contributed by atoms with Crippen molar-refractivity contribution in [1.82, 2.24) is 4.90 Å². The Morgan fingerprint density at radius 3 is 3.11 bits per heavy atom. The van der Waals surface area contributed by atoms with Crippen LogP contribution in [0, 0.1) is 0 Å². The van der Waals surface area contributed by atoms with Crippen LogP contribution in [0.25, 0.3) is 9.40 Å². The normalized spacial score (nSPS) is 20.5. The summed E-state index contributed by atoms with van der Waals surface area (Å²) in [4.78, 5) is 15.5. The summed E-state index contributed by atoms with van der Waals surface area (Å²) in [6.07, 6.45) is 3.49. The predicted octanol–water partition coefficient (Wildman–Crippen LogP) is 4.35. The Morgan fingerprint density at radius 2 is 2.33 bits per heavy atom. The van der Waals surface area contributed by atoms with Crippen molar-refractivity contribution >= 4 is 53.9 Å². The molecule has 1 amide bonds. The molecule has 0 N–H and O–H groups in total. The molecule has 1 atom stereocenters. The van der Waals surface area contributed by atoms with E-state index in [4.69, 9.17) is 0 Å². The van der Waals surface area contributed by atoms with Gasteiger partial charge in [0.05, 0.1) is 4.88 Å². The van der Waals surface area contributed by atoms with E-state index < -0.39 is 0 Å². The second-order valence-corrected chi connectivity index (χ2v) is 7.24. The third kappa shape index (κ3) is 2.24. The van der Waals surface area contributed by atoms with Crippen LogP contribution in [0.15, 0.2) is 17.5 Å². The molecule has 1 aliphatic heterocycles. The average Bonchev–Trinajstić information content (AvgIpc) is 2.98. The van der Waals surface area contributed by atoms with Gasteiger partial charge in [-0.15, -0.1) is 22.7 Å². The molecule has 1 fully saturated rings. The largest absolute Gasteiger partial charge is 0.334 e. The van der Waals surface area contributed by atoms with E-state index in [1.54, 1.807) is 22.7 Å². The molecule has 2 aromatic heterocycles. The van der Waals surface area contributed by atoms with Crippen molar-refractivity contribution in [3.63, 3.8) is 0 Å². The molecule has 1 aliphatic rings. The molecule has 0 saturated carbocycles. The van der Waals surface area contributed by atoms with E-state index in [0.717, 1.165) is 29.6 Å². The monoisotopic (exact) mass is 343 g/mol. The Kier molecular flexibility index (Phi) is 3.73. The summed E-state index contributed by atoms with van der Waals surface area (Å²) in [5, 5.41) is 2.97. The van der Waals surface area contributed by atoms with Gasteiger partial charge in [0, 0.05) is 27.3 Å². The van der Waals surface area contributed by atoms with Crippen molar-refractivity contribution in [2.45, 2.75) is 25.3 Å². The van der Waals surface area contributed by atoms with Crippen molar-refractivity contribution in [3.05, 3.63) is 22.4 Å². The Labute approximate surface area is 123 Å². The van der Waals surface area contributed by atoms with Gasteiger partial charge in [0.2, 0.25) is 0 Å². The lowest BCUT2D eigenvalue weighted by atomic mass is 10.0. The lowest BCUT2D eigenvalue weighted by molar-refractivity contribution is 0.0647. The first kappa shape index (κ1) is 12.6. The number of amides is 1. The summed E-state index contributed by atoms with van der Waals surface area (Å²) >= 11 is 6.86. The highest BCUT2D eigenvalue weighted by atomic mass is 79.9. The molecule has 0 spiro atoms. The number of carbonyl (C=O) groups is 1. The van der Waals surface area contributed by atoms with Gasteiger partial charge in [0.15, 0.2) is 0 Å². The lowest BCUT2D eigenvalue weighted by Crippen LogP contribution is -2.44. The molecule has 3 rings (SSSR count). The summed E-state index contributed by atoms with van der Waals surface area (Å²) < 4.78 is 2.46. The zero-order valence-corrected chi connectivity index (χ0v) is 13.1. The van der Waals surface area contributed by atoms with Crippen molar-refractivity contribution in [2.24, 2.45) is 0 Å². The highest BCUT2D eigenvalue weighted by Crippen LogP contribution is 2.32. The molecule has 0 radical (unpaired) electrons. The second kappa shape index (κ2) is 5.31. The number of likely N-dealkylation sites (tertiary alicyclic amines) is 1. The molecule has 1 saturated heterocycles. The summed E-state index contributed by atoms with van der Waals surface area (Å²) in [5.41, 5.74) is 0. The highest BCUT2D eigenvalue weighted by molar-refractivity contribution is 9.09. The molecule has 2 aromatic rings. The Bertz CT molecular complexity index is 534. The van der Waals surface area contributed by atoms with Gasteiger partial charge in [0.1, 0.15) is 0 Å². The smallest absolute Gasteiger partial charge is 0.264 e. The quantitative estimate of drug-likeness (QED) is 0.742. The van der Waals surface area contributed by atoms with Gasteiger partial charge in [-0.3, -0.25) is 4.79 Å². The lowest BCUT2D eigenvalue weighted by Gasteiger charge is -2.34. The SMILES string of the molecule is O=C(c1cc2sccc2s1)N1CCCCC1CBr. The standard InChI is InChI=1S/C13H14BrNOS2/c14-8-9-3-1-2-5-15(9)13(16)12-7-11-10(18-12)4-6-17-11/h4,6-7,9H,1-3,5,8H2. The third-order valence-electron chi connectivity index (χ3n) is 3.42. The maximum atomic E-state index is 12.6. The van der Waals surface area contributed by atoms with Crippen LogP contribution >= 0.6 is 38.6 Å². The van der Waals surface area contributed by atoms with E-state index in [1.165, 1.54) is 15.8 Å². The average molecular weight is 344 g/mol. The second-order valence-electron chi connectivity index (χ2n) is 4.56. The number of carbonyl (C=O) groups excluding carboxylic acids is 1. The fourth-order valence-electron chi connectivity index (χ4n) is 2.44. The van der Waals surface area contributed by atoms with Crippen molar-refractivity contribution < 1.29 is 4.79 Å². The molecular weight excluding hydrogens is 330 g/mol. The number of alkyl halides is 1. The first-order valence-electron chi connectivity index (χ1n) is 6.13. The summed E-state index contributed by atoms with van der Waals surface area (Å²) in [6, 6.07) is 4.51. The number of hydrogen-bond acceptors (Lipinski definition) is 3. The van der Waals surface area contributed by atoms with E-state index >= 15 is 0 Å².